The van der Waals surface area contributed by atoms with Crippen LogP contribution in [0.3, 0.4) is 0 Å². The molecule has 0 atom stereocenters. The zero-order chi connectivity index (χ0) is 13.1. The van der Waals surface area contributed by atoms with Gasteiger partial charge in [0.05, 0.1) is 5.69 Å². The molecule has 0 radical (unpaired) electrons. The summed E-state index contributed by atoms with van der Waals surface area (Å²) in [6, 6.07) is 3.38. The van der Waals surface area contributed by atoms with Crippen LogP contribution in [0.25, 0.3) is 0 Å². The molecule has 0 spiro atoms. The van der Waals surface area contributed by atoms with Gasteiger partial charge in [-0.1, -0.05) is 23.2 Å². The van der Waals surface area contributed by atoms with E-state index in [0.717, 1.165) is 5.56 Å². The first kappa shape index (κ1) is 12.9. The minimum absolute atomic E-state index is 0.116. The molecule has 0 aromatic carbocycles. The third-order valence-electron chi connectivity index (χ3n) is 2.27. The van der Waals surface area contributed by atoms with Crippen LogP contribution in [0.4, 0.5) is 5.69 Å². The molecule has 5 nitrogen and oxygen atoms in total. The van der Waals surface area contributed by atoms with Gasteiger partial charge in [-0.2, -0.15) is 5.10 Å². The van der Waals surface area contributed by atoms with Crippen LogP contribution >= 0.6 is 23.2 Å². The van der Waals surface area contributed by atoms with E-state index in [4.69, 9.17) is 23.2 Å². The highest BCUT2D eigenvalue weighted by atomic mass is 35.5. The van der Waals surface area contributed by atoms with E-state index < -0.39 is 0 Å². The lowest BCUT2D eigenvalue weighted by molar-refractivity contribution is -0.116. The fourth-order valence-electron chi connectivity index (χ4n) is 1.47. The van der Waals surface area contributed by atoms with Crippen LogP contribution in [0.2, 0.25) is 10.3 Å². The third-order valence-corrected chi connectivity index (χ3v) is 2.74. The van der Waals surface area contributed by atoms with Crippen LogP contribution < -0.4 is 5.32 Å². The molecule has 1 amide bonds. The number of hydrogen-bond acceptors (Lipinski definition) is 3. The highest BCUT2D eigenvalue weighted by Crippen LogP contribution is 2.26. The first-order valence-corrected chi connectivity index (χ1v) is 5.92. The zero-order valence-corrected chi connectivity index (χ0v) is 11.0. The maximum absolute atomic E-state index is 11.8. The summed E-state index contributed by atoms with van der Waals surface area (Å²) in [6.07, 6.45) is 3.31. The van der Waals surface area contributed by atoms with Crippen LogP contribution in [-0.2, 0) is 11.3 Å². The molecule has 2 heterocycles. The Balaban J connectivity index is 2.12. The Labute approximate surface area is 114 Å². The number of aromatic nitrogens is 3. The Morgan fingerprint density at radius 1 is 1.50 bits per heavy atom. The molecule has 94 valence electrons. The summed E-state index contributed by atoms with van der Waals surface area (Å²) in [4.78, 5) is 15.7. The molecule has 0 saturated carbocycles. The van der Waals surface area contributed by atoms with E-state index in [-0.39, 0.29) is 17.6 Å². The lowest BCUT2D eigenvalue weighted by Gasteiger charge is -2.10. The summed E-state index contributed by atoms with van der Waals surface area (Å²) in [5.74, 6) is -0.229. The van der Waals surface area contributed by atoms with Crippen molar-refractivity contribution >= 4 is 34.8 Å². The van der Waals surface area contributed by atoms with E-state index in [1.807, 2.05) is 0 Å². The molecule has 0 unspecified atom stereocenters. The molecule has 7 heteroatoms. The van der Waals surface area contributed by atoms with E-state index in [9.17, 15) is 4.79 Å². The van der Waals surface area contributed by atoms with Crippen molar-refractivity contribution in [3.63, 3.8) is 0 Å². The van der Waals surface area contributed by atoms with Crippen molar-refractivity contribution in [3.05, 3.63) is 40.4 Å². The van der Waals surface area contributed by atoms with Crippen molar-refractivity contribution in [1.29, 1.82) is 0 Å². The first-order valence-electron chi connectivity index (χ1n) is 5.16. The summed E-state index contributed by atoms with van der Waals surface area (Å²) in [6.45, 7) is 1.91. The number of carbonyl (C=O) groups excluding carboxylic acids is 1. The maximum atomic E-state index is 11.8. The van der Waals surface area contributed by atoms with Crippen LogP contribution in [0.1, 0.15) is 5.56 Å². The number of nitrogens with zero attached hydrogens (tertiary/aromatic N) is 3. The van der Waals surface area contributed by atoms with Crippen molar-refractivity contribution in [3.8, 4) is 0 Å². The Bertz CT molecular complexity index is 545. The average Bonchev–Trinajstić information content (AvgIpc) is 2.76. The van der Waals surface area contributed by atoms with E-state index in [1.165, 1.54) is 4.68 Å². The molecule has 18 heavy (non-hydrogen) atoms. The molecule has 2 rings (SSSR count). The number of hydrogen-bond donors (Lipinski definition) is 1. The predicted octanol–water partition coefficient (Wildman–Crippen LogP) is 2.53. The molecule has 2 aromatic heterocycles. The number of halogens is 2. The minimum atomic E-state index is -0.229. The standard InChI is InChI=1S/C11H10Cl2N4O/c1-7-5-8(12)15-11(13)10(7)16-9(18)6-17-4-2-3-14-17/h2-5H,6H2,1H3,(H,16,18). The zero-order valence-electron chi connectivity index (χ0n) is 9.52. The quantitative estimate of drug-likeness (QED) is 0.881. The van der Waals surface area contributed by atoms with Crippen LogP contribution in [0, 0.1) is 6.92 Å². The smallest absolute Gasteiger partial charge is 0.246 e. The molecule has 0 saturated heterocycles. The Morgan fingerprint density at radius 3 is 2.89 bits per heavy atom. The summed E-state index contributed by atoms with van der Waals surface area (Å²) in [5.41, 5.74) is 1.23. The number of amides is 1. The number of anilines is 1. The molecule has 0 aliphatic rings. The Kier molecular flexibility index (Phi) is 3.84. The van der Waals surface area contributed by atoms with Gasteiger partial charge in [-0.15, -0.1) is 0 Å². The maximum Gasteiger partial charge on any atom is 0.246 e. The molecular weight excluding hydrogens is 275 g/mol. The van der Waals surface area contributed by atoms with Gasteiger partial charge in [0.2, 0.25) is 5.91 Å². The average molecular weight is 285 g/mol. The van der Waals surface area contributed by atoms with Gasteiger partial charge in [-0.3, -0.25) is 9.48 Å². The van der Waals surface area contributed by atoms with Gasteiger partial charge < -0.3 is 5.32 Å². The summed E-state index contributed by atoms with van der Waals surface area (Å²) in [7, 11) is 0. The van der Waals surface area contributed by atoms with E-state index in [0.29, 0.717) is 10.8 Å². The fraction of sp³-hybridized carbons (Fsp3) is 0.182. The number of nitrogens with one attached hydrogen (secondary N) is 1. The molecule has 0 bridgehead atoms. The Morgan fingerprint density at radius 2 is 2.28 bits per heavy atom. The highest BCUT2D eigenvalue weighted by molar-refractivity contribution is 6.34. The molecular formula is C11H10Cl2N4O. The normalized spacial score (nSPS) is 10.4. The highest BCUT2D eigenvalue weighted by Gasteiger charge is 2.11. The molecule has 0 aliphatic carbocycles. The van der Waals surface area contributed by atoms with Gasteiger partial charge in [0.25, 0.3) is 0 Å². The molecule has 2 aromatic rings. The van der Waals surface area contributed by atoms with Gasteiger partial charge in [-0.25, -0.2) is 4.98 Å². The molecule has 1 N–H and O–H groups in total. The van der Waals surface area contributed by atoms with E-state index >= 15 is 0 Å². The van der Waals surface area contributed by atoms with Crippen LogP contribution in [0.5, 0.6) is 0 Å². The van der Waals surface area contributed by atoms with Crippen molar-refractivity contribution in [1.82, 2.24) is 14.8 Å². The lowest BCUT2D eigenvalue weighted by Crippen LogP contribution is -2.20. The first-order chi connectivity index (χ1) is 8.56. The van der Waals surface area contributed by atoms with Crippen molar-refractivity contribution in [2.24, 2.45) is 0 Å². The van der Waals surface area contributed by atoms with Crippen LogP contribution in [-0.4, -0.2) is 20.7 Å². The van der Waals surface area contributed by atoms with E-state index in [2.05, 4.69) is 15.4 Å². The number of rotatable bonds is 3. The van der Waals surface area contributed by atoms with Gasteiger partial charge >= 0.3 is 0 Å². The SMILES string of the molecule is Cc1cc(Cl)nc(Cl)c1NC(=O)Cn1cccn1. The largest absolute Gasteiger partial charge is 0.322 e. The topological polar surface area (TPSA) is 59.8 Å². The summed E-state index contributed by atoms with van der Waals surface area (Å²) in [5, 5.41) is 7.10. The second kappa shape index (κ2) is 5.37. The monoisotopic (exact) mass is 284 g/mol. The third kappa shape index (κ3) is 3.00. The predicted molar refractivity (Wildman–Crippen MR) is 69.9 cm³/mol. The second-order valence-corrected chi connectivity index (χ2v) is 4.42. The second-order valence-electron chi connectivity index (χ2n) is 3.68. The minimum Gasteiger partial charge on any atom is -0.322 e. The number of aryl methyl sites for hydroxylation is 1. The Hall–Kier alpha value is -1.59. The van der Waals surface area contributed by atoms with Gasteiger partial charge in [0, 0.05) is 12.4 Å². The molecule has 0 aliphatic heterocycles. The summed E-state index contributed by atoms with van der Waals surface area (Å²) >= 11 is 11.7. The fourth-order valence-corrected chi connectivity index (χ4v) is 2.04. The van der Waals surface area contributed by atoms with Crippen molar-refractivity contribution < 1.29 is 4.79 Å². The van der Waals surface area contributed by atoms with E-state index in [1.54, 1.807) is 31.5 Å². The van der Waals surface area contributed by atoms with Crippen LogP contribution in [0.15, 0.2) is 24.5 Å². The molecule has 0 fully saturated rings. The van der Waals surface area contributed by atoms with Gasteiger partial charge in [0.1, 0.15) is 11.7 Å². The lowest BCUT2D eigenvalue weighted by atomic mass is 10.2. The number of pyridine rings is 1. The number of carbonyl (C=O) groups is 1. The van der Waals surface area contributed by atoms with Gasteiger partial charge in [0.15, 0.2) is 5.15 Å². The van der Waals surface area contributed by atoms with Gasteiger partial charge in [-0.05, 0) is 24.6 Å². The van der Waals surface area contributed by atoms with Crippen molar-refractivity contribution in [2.75, 3.05) is 5.32 Å². The summed E-state index contributed by atoms with van der Waals surface area (Å²) < 4.78 is 1.52. The van der Waals surface area contributed by atoms with Crippen molar-refractivity contribution in [2.45, 2.75) is 13.5 Å².